The van der Waals surface area contributed by atoms with E-state index in [4.69, 9.17) is 11.6 Å². The van der Waals surface area contributed by atoms with Crippen molar-refractivity contribution in [3.05, 3.63) is 64.7 Å². The van der Waals surface area contributed by atoms with E-state index in [1.54, 1.807) is 24.3 Å². The zero-order valence-corrected chi connectivity index (χ0v) is 10.6. The number of nitrogens with one attached hydrogen (secondary N) is 1. The topological polar surface area (TPSA) is 44.6 Å². The van der Waals surface area contributed by atoms with Gasteiger partial charge in [-0.3, -0.25) is 10.7 Å². The minimum Gasteiger partial charge on any atom is -0.290 e. The third-order valence-electron chi connectivity index (χ3n) is 2.57. The predicted octanol–water partition coefficient (Wildman–Crippen LogP) is 3.71. The molecule has 0 fully saturated rings. The summed E-state index contributed by atoms with van der Waals surface area (Å²) < 4.78 is 0. The van der Waals surface area contributed by atoms with E-state index in [0.29, 0.717) is 10.9 Å². The molecular weight excluding hydrogens is 248 g/mol. The fourth-order valence-corrected chi connectivity index (χ4v) is 1.70. The molecule has 0 aliphatic carbocycles. The summed E-state index contributed by atoms with van der Waals surface area (Å²) >= 11 is 5.82. The Morgan fingerprint density at radius 3 is 2.39 bits per heavy atom. The Bertz CT molecular complexity index is 564. The SMILES string of the molecule is Cc1ccccc1N=C(NO)c1ccc(Cl)cc1. The van der Waals surface area contributed by atoms with Crippen molar-refractivity contribution in [2.75, 3.05) is 0 Å². The number of aliphatic imine (C=N–C) groups is 1. The van der Waals surface area contributed by atoms with E-state index in [2.05, 4.69) is 10.5 Å². The third-order valence-corrected chi connectivity index (χ3v) is 2.82. The van der Waals surface area contributed by atoms with Crippen molar-refractivity contribution in [2.24, 2.45) is 4.99 Å². The third kappa shape index (κ3) is 2.88. The van der Waals surface area contributed by atoms with E-state index in [1.165, 1.54) is 0 Å². The first-order chi connectivity index (χ1) is 8.70. The maximum Gasteiger partial charge on any atom is 0.157 e. The highest BCUT2D eigenvalue weighted by molar-refractivity contribution is 6.30. The van der Waals surface area contributed by atoms with E-state index in [1.807, 2.05) is 31.2 Å². The summed E-state index contributed by atoms with van der Waals surface area (Å²) in [6, 6.07) is 14.8. The van der Waals surface area contributed by atoms with Gasteiger partial charge >= 0.3 is 0 Å². The van der Waals surface area contributed by atoms with Crippen molar-refractivity contribution in [3.63, 3.8) is 0 Å². The number of rotatable bonds is 2. The Morgan fingerprint density at radius 1 is 1.11 bits per heavy atom. The molecule has 0 saturated carbocycles. The molecule has 0 radical (unpaired) electrons. The molecule has 0 aliphatic heterocycles. The van der Waals surface area contributed by atoms with Gasteiger partial charge in [-0.25, -0.2) is 4.99 Å². The van der Waals surface area contributed by atoms with Crippen LogP contribution in [0.25, 0.3) is 0 Å². The van der Waals surface area contributed by atoms with Crippen LogP contribution in [-0.2, 0) is 0 Å². The lowest BCUT2D eigenvalue weighted by Crippen LogP contribution is -2.19. The first-order valence-corrected chi connectivity index (χ1v) is 5.89. The van der Waals surface area contributed by atoms with Gasteiger partial charge in [-0.1, -0.05) is 29.8 Å². The first-order valence-electron chi connectivity index (χ1n) is 5.51. The van der Waals surface area contributed by atoms with Gasteiger partial charge in [0.1, 0.15) is 0 Å². The van der Waals surface area contributed by atoms with Crippen LogP contribution in [0.5, 0.6) is 0 Å². The largest absolute Gasteiger partial charge is 0.290 e. The quantitative estimate of drug-likeness (QED) is 0.491. The highest BCUT2D eigenvalue weighted by Crippen LogP contribution is 2.19. The van der Waals surface area contributed by atoms with Crippen molar-refractivity contribution in [2.45, 2.75) is 6.92 Å². The molecule has 2 aromatic carbocycles. The molecule has 4 heteroatoms. The number of amidine groups is 1. The van der Waals surface area contributed by atoms with Crippen LogP contribution >= 0.6 is 11.6 Å². The fraction of sp³-hybridized carbons (Fsp3) is 0.0714. The minimum atomic E-state index is 0.390. The van der Waals surface area contributed by atoms with Gasteiger partial charge in [-0.05, 0) is 42.8 Å². The van der Waals surface area contributed by atoms with Crippen LogP contribution in [0.2, 0.25) is 5.02 Å². The molecule has 3 nitrogen and oxygen atoms in total. The van der Waals surface area contributed by atoms with Gasteiger partial charge in [0, 0.05) is 10.6 Å². The molecular formula is C14H13ClN2O. The van der Waals surface area contributed by atoms with Crippen LogP contribution in [0.4, 0.5) is 5.69 Å². The first kappa shape index (κ1) is 12.6. The van der Waals surface area contributed by atoms with Crippen LogP contribution in [0.15, 0.2) is 53.5 Å². The molecule has 2 aromatic rings. The van der Waals surface area contributed by atoms with Gasteiger partial charge in [0.05, 0.1) is 5.69 Å². The lowest BCUT2D eigenvalue weighted by atomic mass is 10.2. The summed E-state index contributed by atoms with van der Waals surface area (Å²) in [5.74, 6) is 0.390. The number of aryl methyl sites for hydroxylation is 1. The molecule has 0 unspecified atom stereocenters. The molecule has 2 rings (SSSR count). The number of halogens is 1. The van der Waals surface area contributed by atoms with Crippen molar-refractivity contribution >= 4 is 23.1 Å². The maximum absolute atomic E-state index is 9.19. The summed E-state index contributed by atoms with van der Waals surface area (Å²) in [5.41, 5.74) is 4.74. The second-order valence-corrected chi connectivity index (χ2v) is 4.30. The predicted molar refractivity (Wildman–Crippen MR) is 73.8 cm³/mol. The van der Waals surface area contributed by atoms with E-state index in [9.17, 15) is 5.21 Å². The summed E-state index contributed by atoms with van der Waals surface area (Å²) in [6.07, 6.45) is 0. The Labute approximate surface area is 111 Å². The molecule has 0 amide bonds. The molecule has 92 valence electrons. The molecule has 0 atom stereocenters. The van der Waals surface area contributed by atoms with Crippen molar-refractivity contribution in [3.8, 4) is 0 Å². The van der Waals surface area contributed by atoms with E-state index in [-0.39, 0.29) is 0 Å². The Balaban J connectivity index is 2.40. The van der Waals surface area contributed by atoms with E-state index >= 15 is 0 Å². The average Bonchev–Trinajstić information content (AvgIpc) is 2.39. The zero-order chi connectivity index (χ0) is 13.0. The van der Waals surface area contributed by atoms with Crippen molar-refractivity contribution < 1.29 is 5.21 Å². The summed E-state index contributed by atoms with van der Waals surface area (Å²) in [5, 5.41) is 9.83. The molecule has 0 heterocycles. The highest BCUT2D eigenvalue weighted by atomic mass is 35.5. The molecule has 0 saturated heterocycles. The molecule has 18 heavy (non-hydrogen) atoms. The van der Waals surface area contributed by atoms with Crippen LogP contribution in [0, 0.1) is 6.92 Å². The Morgan fingerprint density at radius 2 is 1.78 bits per heavy atom. The van der Waals surface area contributed by atoms with Gasteiger partial charge in [-0.2, -0.15) is 0 Å². The minimum absolute atomic E-state index is 0.390. The summed E-state index contributed by atoms with van der Waals surface area (Å²) in [6.45, 7) is 1.97. The second-order valence-electron chi connectivity index (χ2n) is 3.87. The standard InChI is InChI=1S/C14H13ClN2O/c1-10-4-2-3-5-13(10)16-14(17-18)11-6-8-12(15)9-7-11/h2-9,18H,1H3,(H,16,17). The van der Waals surface area contributed by atoms with Crippen LogP contribution in [-0.4, -0.2) is 11.0 Å². The number of para-hydroxylation sites is 1. The number of benzene rings is 2. The summed E-state index contributed by atoms with van der Waals surface area (Å²) in [7, 11) is 0. The summed E-state index contributed by atoms with van der Waals surface area (Å²) in [4.78, 5) is 4.39. The smallest absolute Gasteiger partial charge is 0.157 e. The number of hydrogen-bond acceptors (Lipinski definition) is 2. The fourth-order valence-electron chi connectivity index (χ4n) is 1.57. The molecule has 2 N–H and O–H groups in total. The normalized spacial score (nSPS) is 11.4. The van der Waals surface area contributed by atoms with Gasteiger partial charge in [0.15, 0.2) is 5.84 Å². The zero-order valence-electron chi connectivity index (χ0n) is 9.89. The van der Waals surface area contributed by atoms with Crippen molar-refractivity contribution in [1.29, 1.82) is 0 Å². The number of nitrogens with zero attached hydrogens (tertiary/aromatic N) is 1. The van der Waals surface area contributed by atoms with Crippen LogP contribution < -0.4 is 5.48 Å². The van der Waals surface area contributed by atoms with Crippen LogP contribution in [0.1, 0.15) is 11.1 Å². The molecule has 0 aliphatic rings. The van der Waals surface area contributed by atoms with Gasteiger partial charge in [0.2, 0.25) is 0 Å². The number of hydrogen-bond donors (Lipinski definition) is 2. The van der Waals surface area contributed by atoms with E-state index < -0.39 is 0 Å². The monoisotopic (exact) mass is 260 g/mol. The molecule has 0 bridgehead atoms. The highest BCUT2D eigenvalue weighted by Gasteiger charge is 2.03. The van der Waals surface area contributed by atoms with Gasteiger partial charge in [0.25, 0.3) is 0 Å². The van der Waals surface area contributed by atoms with Crippen LogP contribution in [0.3, 0.4) is 0 Å². The Hall–Kier alpha value is -1.84. The lowest BCUT2D eigenvalue weighted by Gasteiger charge is -2.06. The van der Waals surface area contributed by atoms with E-state index in [0.717, 1.165) is 16.8 Å². The van der Waals surface area contributed by atoms with Gasteiger partial charge in [-0.15, -0.1) is 0 Å². The maximum atomic E-state index is 9.19. The molecule has 0 spiro atoms. The lowest BCUT2D eigenvalue weighted by molar-refractivity contribution is 0.235. The average molecular weight is 261 g/mol. The van der Waals surface area contributed by atoms with Crippen molar-refractivity contribution in [1.82, 2.24) is 5.48 Å². The Kier molecular flexibility index (Phi) is 3.97. The molecule has 0 aromatic heterocycles. The van der Waals surface area contributed by atoms with Gasteiger partial charge < -0.3 is 0 Å². The second kappa shape index (κ2) is 5.67. The number of hydroxylamine groups is 1.